The summed E-state index contributed by atoms with van der Waals surface area (Å²) >= 11 is 9.31. The Kier molecular flexibility index (Phi) is 4.80. The second-order valence-corrected chi connectivity index (χ2v) is 5.21. The Bertz CT molecular complexity index is 590. The fraction of sp³-hybridized carbons (Fsp3) is 0.143. The smallest absolute Gasteiger partial charge is 0.138 e. The summed E-state index contributed by atoms with van der Waals surface area (Å²) in [4.78, 5) is 0. The molecule has 0 heterocycles. The molecule has 19 heavy (non-hydrogen) atoms. The normalized spacial score (nSPS) is 10.5. The molecule has 0 aromatic heterocycles. The molecule has 0 bridgehead atoms. The van der Waals surface area contributed by atoms with Crippen LogP contribution in [0.3, 0.4) is 0 Å². The van der Waals surface area contributed by atoms with Crippen LogP contribution in [-0.2, 0) is 13.2 Å². The zero-order valence-corrected chi connectivity index (χ0v) is 12.2. The quantitative estimate of drug-likeness (QED) is 0.894. The van der Waals surface area contributed by atoms with Gasteiger partial charge in [0.05, 0.1) is 11.6 Å². The molecule has 0 atom stereocenters. The Morgan fingerprint density at radius 1 is 1.21 bits per heavy atom. The fourth-order valence-corrected chi connectivity index (χ4v) is 2.28. The Labute approximate surface area is 123 Å². The summed E-state index contributed by atoms with van der Waals surface area (Å²) in [6, 6.07) is 9.49. The van der Waals surface area contributed by atoms with Gasteiger partial charge in [-0.1, -0.05) is 39.7 Å². The Morgan fingerprint density at radius 2 is 2.00 bits per heavy atom. The average molecular weight is 346 g/mol. The van der Waals surface area contributed by atoms with Gasteiger partial charge in [-0.25, -0.2) is 4.39 Å². The van der Waals surface area contributed by atoms with Crippen LogP contribution in [0.1, 0.15) is 11.1 Å². The van der Waals surface area contributed by atoms with E-state index in [9.17, 15) is 4.39 Å². The van der Waals surface area contributed by atoms with E-state index in [0.717, 1.165) is 11.1 Å². The van der Waals surface area contributed by atoms with Crippen LogP contribution in [0.15, 0.2) is 40.9 Å². The van der Waals surface area contributed by atoms with E-state index in [1.165, 1.54) is 12.1 Å². The monoisotopic (exact) mass is 344 g/mol. The highest BCUT2D eigenvalue weighted by Crippen LogP contribution is 2.27. The number of halogens is 3. The second-order valence-electron chi connectivity index (χ2n) is 3.95. The summed E-state index contributed by atoms with van der Waals surface area (Å²) in [6.45, 7) is 0.211. The van der Waals surface area contributed by atoms with E-state index < -0.39 is 0 Å². The number of aliphatic hydroxyl groups excluding tert-OH is 1. The highest BCUT2D eigenvalue weighted by Gasteiger charge is 2.06. The molecule has 2 aromatic rings. The average Bonchev–Trinajstić information content (AvgIpc) is 2.39. The maximum atomic E-state index is 12.9. The molecule has 0 aliphatic carbocycles. The zero-order valence-electron chi connectivity index (χ0n) is 9.87. The summed E-state index contributed by atoms with van der Waals surface area (Å²) in [5, 5.41) is 9.42. The summed E-state index contributed by atoms with van der Waals surface area (Å²) in [5.74, 6) is 0.219. The molecule has 2 nitrogen and oxygen atoms in total. The predicted octanol–water partition coefficient (Wildman–Crippen LogP) is 4.31. The van der Waals surface area contributed by atoms with Gasteiger partial charge in [0.25, 0.3) is 0 Å². The fourth-order valence-electron chi connectivity index (χ4n) is 1.55. The number of aliphatic hydroxyl groups is 1. The molecule has 0 aliphatic rings. The number of hydrogen-bond donors (Lipinski definition) is 1. The van der Waals surface area contributed by atoms with Crippen LogP contribution in [-0.4, -0.2) is 5.11 Å². The van der Waals surface area contributed by atoms with Crippen LogP contribution in [0.4, 0.5) is 4.39 Å². The first-order valence-electron chi connectivity index (χ1n) is 5.56. The van der Waals surface area contributed by atoms with E-state index in [2.05, 4.69) is 15.9 Å². The number of hydrogen-bond acceptors (Lipinski definition) is 2. The van der Waals surface area contributed by atoms with E-state index in [1.54, 1.807) is 24.3 Å². The van der Waals surface area contributed by atoms with Gasteiger partial charge in [-0.05, 0) is 29.8 Å². The van der Waals surface area contributed by atoms with Gasteiger partial charge in [-0.2, -0.15) is 0 Å². The molecule has 100 valence electrons. The Balaban J connectivity index is 2.10. The van der Waals surface area contributed by atoms with Gasteiger partial charge in [0.1, 0.15) is 18.2 Å². The Hall–Kier alpha value is -1.10. The van der Waals surface area contributed by atoms with E-state index in [0.29, 0.717) is 15.2 Å². The predicted molar refractivity (Wildman–Crippen MR) is 75.8 cm³/mol. The molecule has 2 rings (SSSR count). The molecular weight excluding hydrogens is 335 g/mol. The number of ether oxygens (including phenoxy) is 1. The first-order valence-corrected chi connectivity index (χ1v) is 6.73. The molecule has 5 heteroatoms. The first kappa shape index (κ1) is 14.3. The highest BCUT2D eigenvalue weighted by molar-refractivity contribution is 9.10. The molecule has 0 unspecified atom stereocenters. The third-order valence-electron chi connectivity index (χ3n) is 2.58. The van der Waals surface area contributed by atoms with Crippen LogP contribution in [0, 0.1) is 5.82 Å². The maximum Gasteiger partial charge on any atom is 0.138 e. The molecular formula is C14H11BrClFO2. The minimum atomic E-state index is -0.305. The van der Waals surface area contributed by atoms with E-state index in [-0.39, 0.29) is 19.0 Å². The van der Waals surface area contributed by atoms with Crippen molar-refractivity contribution >= 4 is 27.5 Å². The van der Waals surface area contributed by atoms with Crippen molar-refractivity contribution in [2.24, 2.45) is 0 Å². The third kappa shape index (κ3) is 3.69. The lowest BCUT2D eigenvalue weighted by molar-refractivity contribution is 0.280. The summed E-state index contributed by atoms with van der Waals surface area (Å²) in [6.07, 6.45) is 0. The van der Waals surface area contributed by atoms with E-state index in [1.807, 2.05) is 0 Å². The van der Waals surface area contributed by atoms with Gasteiger partial charge in [0.2, 0.25) is 0 Å². The number of benzene rings is 2. The molecule has 2 aromatic carbocycles. The van der Waals surface area contributed by atoms with E-state index in [4.69, 9.17) is 21.4 Å². The maximum absolute atomic E-state index is 12.9. The summed E-state index contributed by atoms with van der Waals surface area (Å²) in [7, 11) is 0. The van der Waals surface area contributed by atoms with Crippen molar-refractivity contribution < 1.29 is 14.2 Å². The first-order chi connectivity index (χ1) is 9.10. The van der Waals surface area contributed by atoms with Crippen molar-refractivity contribution in [2.75, 3.05) is 0 Å². The molecule has 0 spiro atoms. The minimum absolute atomic E-state index is 0.0660. The van der Waals surface area contributed by atoms with Crippen LogP contribution in [0.5, 0.6) is 5.75 Å². The van der Waals surface area contributed by atoms with Crippen molar-refractivity contribution in [3.8, 4) is 5.75 Å². The largest absolute Gasteiger partial charge is 0.487 e. The lowest BCUT2D eigenvalue weighted by atomic mass is 10.2. The lowest BCUT2D eigenvalue weighted by Crippen LogP contribution is -1.98. The van der Waals surface area contributed by atoms with Gasteiger partial charge in [-0.3, -0.25) is 0 Å². The standard InChI is InChI=1S/C14H11BrClFO2/c15-12-6-11(17)3-2-10(12)8-19-14-4-1-9(7-18)5-13(14)16/h1-6,18H,7-8H2. The zero-order chi connectivity index (χ0) is 13.8. The van der Waals surface area contributed by atoms with Crippen LogP contribution < -0.4 is 4.74 Å². The van der Waals surface area contributed by atoms with Gasteiger partial charge in [0.15, 0.2) is 0 Å². The molecule has 1 N–H and O–H groups in total. The highest BCUT2D eigenvalue weighted by atomic mass is 79.9. The molecule has 0 amide bonds. The van der Waals surface area contributed by atoms with Crippen molar-refractivity contribution in [1.29, 1.82) is 0 Å². The van der Waals surface area contributed by atoms with Crippen molar-refractivity contribution in [3.63, 3.8) is 0 Å². The van der Waals surface area contributed by atoms with Crippen molar-refractivity contribution in [2.45, 2.75) is 13.2 Å². The number of rotatable bonds is 4. The summed E-state index contributed by atoms with van der Waals surface area (Å²) < 4.78 is 19.2. The molecule has 0 aliphatic heterocycles. The van der Waals surface area contributed by atoms with Gasteiger partial charge in [-0.15, -0.1) is 0 Å². The molecule has 0 fully saturated rings. The lowest BCUT2D eigenvalue weighted by Gasteiger charge is -2.10. The van der Waals surface area contributed by atoms with Crippen LogP contribution in [0.25, 0.3) is 0 Å². The third-order valence-corrected chi connectivity index (χ3v) is 3.61. The molecule has 0 saturated heterocycles. The van der Waals surface area contributed by atoms with Gasteiger partial charge < -0.3 is 9.84 Å². The molecule has 0 radical (unpaired) electrons. The SMILES string of the molecule is OCc1ccc(OCc2ccc(F)cc2Br)c(Cl)c1. The second kappa shape index (κ2) is 6.37. The topological polar surface area (TPSA) is 29.5 Å². The summed E-state index contributed by atoms with van der Waals surface area (Å²) in [5.41, 5.74) is 1.55. The van der Waals surface area contributed by atoms with Gasteiger partial charge in [0, 0.05) is 10.0 Å². The van der Waals surface area contributed by atoms with E-state index >= 15 is 0 Å². The van der Waals surface area contributed by atoms with Crippen molar-refractivity contribution in [3.05, 3.63) is 62.8 Å². The Morgan fingerprint density at radius 3 is 2.63 bits per heavy atom. The minimum Gasteiger partial charge on any atom is -0.487 e. The van der Waals surface area contributed by atoms with Gasteiger partial charge >= 0.3 is 0 Å². The van der Waals surface area contributed by atoms with Crippen LogP contribution >= 0.6 is 27.5 Å². The molecule has 0 saturated carbocycles. The van der Waals surface area contributed by atoms with Crippen molar-refractivity contribution in [1.82, 2.24) is 0 Å². The van der Waals surface area contributed by atoms with Crippen LogP contribution in [0.2, 0.25) is 5.02 Å².